The van der Waals surface area contributed by atoms with Crippen LogP contribution in [0.2, 0.25) is 0 Å². The molecular weight excluding hydrogens is 808 g/mol. The molecular formula is C50H91O11P. The summed E-state index contributed by atoms with van der Waals surface area (Å²) in [6.45, 7) is 4.47. The third kappa shape index (κ3) is 43.0. The molecule has 0 saturated heterocycles. The van der Waals surface area contributed by atoms with Gasteiger partial charge in [-0.25, -0.2) is 4.57 Å². The number of aliphatic hydroxyl groups is 1. The SMILES string of the molecule is CC/C=C\C/C=C\C/C=C\CCCCCCCC(=O)OC(COC(=O)CCCCCCCCCCC)COP(=O)(O)OCC(CO)OC(=O)CCCCCCCCCCCCC. The Bertz CT molecular complexity index is 1190. The molecule has 0 spiro atoms. The fraction of sp³-hybridized carbons (Fsp3) is 0.820. The highest BCUT2D eigenvalue weighted by Crippen LogP contribution is 2.43. The normalized spacial score (nSPS) is 13.8. The van der Waals surface area contributed by atoms with E-state index in [0.717, 1.165) is 89.9 Å². The molecule has 0 saturated carbocycles. The monoisotopic (exact) mass is 899 g/mol. The Morgan fingerprint density at radius 1 is 0.468 bits per heavy atom. The Labute approximate surface area is 378 Å². The molecule has 0 aromatic carbocycles. The molecule has 3 unspecified atom stereocenters. The third-order valence-corrected chi connectivity index (χ3v) is 11.5. The first kappa shape index (κ1) is 59.7. The summed E-state index contributed by atoms with van der Waals surface area (Å²) in [5.74, 6) is -1.48. The number of rotatable bonds is 46. The molecule has 0 aliphatic heterocycles. The van der Waals surface area contributed by atoms with Crippen molar-refractivity contribution < 1.29 is 52.2 Å². The first-order valence-electron chi connectivity index (χ1n) is 24.9. The average molecular weight is 899 g/mol. The first-order chi connectivity index (χ1) is 30.2. The fourth-order valence-corrected chi connectivity index (χ4v) is 7.57. The summed E-state index contributed by atoms with van der Waals surface area (Å²) in [5, 5.41) is 9.74. The van der Waals surface area contributed by atoms with E-state index in [1.165, 1.54) is 77.0 Å². The minimum absolute atomic E-state index is 0.151. The number of carbonyl (C=O) groups excluding carboxylic acids is 3. The van der Waals surface area contributed by atoms with E-state index in [9.17, 15) is 28.9 Å². The second kappa shape index (κ2) is 45.3. The Hall–Kier alpha value is -2.30. The van der Waals surface area contributed by atoms with Crippen molar-refractivity contribution in [3.63, 3.8) is 0 Å². The molecule has 0 aliphatic rings. The van der Waals surface area contributed by atoms with Gasteiger partial charge in [0.15, 0.2) is 6.10 Å². The molecule has 0 rings (SSSR count). The first-order valence-corrected chi connectivity index (χ1v) is 26.4. The van der Waals surface area contributed by atoms with E-state index >= 15 is 0 Å². The van der Waals surface area contributed by atoms with Gasteiger partial charge in [0.1, 0.15) is 12.7 Å². The quantitative estimate of drug-likeness (QED) is 0.0197. The van der Waals surface area contributed by atoms with Crippen LogP contribution in [0.4, 0.5) is 0 Å². The zero-order valence-electron chi connectivity index (χ0n) is 39.6. The van der Waals surface area contributed by atoms with Gasteiger partial charge in [-0.1, -0.05) is 192 Å². The van der Waals surface area contributed by atoms with Gasteiger partial charge in [-0.2, -0.15) is 0 Å². The molecule has 0 radical (unpaired) electrons. The molecule has 0 fully saturated rings. The van der Waals surface area contributed by atoms with Crippen molar-refractivity contribution in [3.8, 4) is 0 Å². The zero-order valence-corrected chi connectivity index (χ0v) is 40.5. The van der Waals surface area contributed by atoms with Crippen LogP contribution >= 0.6 is 7.82 Å². The maximum atomic E-state index is 12.8. The summed E-state index contributed by atoms with van der Waals surface area (Å²) in [7, 11) is -4.73. The second-order valence-corrected chi connectivity index (χ2v) is 18.1. The maximum Gasteiger partial charge on any atom is 0.472 e. The van der Waals surface area contributed by atoms with Crippen LogP contribution in [0.3, 0.4) is 0 Å². The van der Waals surface area contributed by atoms with Crippen molar-refractivity contribution >= 4 is 25.7 Å². The molecule has 2 N–H and O–H groups in total. The number of allylic oxidation sites excluding steroid dienone is 6. The lowest BCUT2D eigenvalue weighted by Crippen LogP contribution is -2.30. The Morgan fingerprint density at radius 2 is 0.839 bits per heavy atom. The second-order valence-electron chi connectivity index (χ2n) is 16.6. The number of hydrogen-bond donors (Lipinski definition) is 2. The van der Waals surface area contributed by atoms with Crippen LogP contribution in [-0.2, 0) is 42.2 Å². The van der Waals surface area contributed by atoms with E-state index in [4.69, 9.17) is 23.3 Å². The molecule has 0 bridgehead atoms. The van der Waals surface area contributed by atoms with Crippen molar-refractivity contribution in [2.24, 2.45) is 0 Å². The lowest BCUT2D eigenvalue weighted by atomic mass is 10.1. The predicted molar refractivity (Wildman–Crippen MR) is 252 cm³/mol. The highest BCUT2D eigenvalue weighted by Gasteiger charge is 2.28. The van der Waals surface area contributed by atoms with Crippen molar-refractivity contribution in [2.75, 3.05) is 26.4 Å². The van der Waals surface area contributed by atoms with Crippen LogP contribution in [0.25, 0.3) is 0 Å². The minimum atomic E-state index is -4.73. The summed E-state index contributed by atoms with van der Waals surface area (Å²) in [4.78, 5) is 48.1. The van der Waals surface area contributed by atoms with Gasteiger partial charge in [0.05, 0.1) is 19.8 Å². The standard InChI is InChI=1S/C50H91O11P/c1-4-7-10-13-16-19-21-22-23-24-26-29-32-35-38-41-50(54)61-47(43-57-48(52)39-36-33-30-27-18-15-12-9-6-3)45-59-62(55,56)58-44-46(42-51)60-49(53)40-37-34-31-28-25-20-17-14-11-8-5-2/h7,10,16,19,22-23,46-47,51H,4-6,8-9,11-15,17-18,20-21,24-45H2,1-3H3,(H,55,56)/b10-7-,19-16-,23-22-. The number of esters is 3. The molecule has 11 nitrogen and oxygen atoms in total. The smallest absolute Gasteiger partial charge is 0.462 e. The number of hydrogen-bond acceptors (Lipinski definition) is 10. The summed E-state index contributed by atoms with van der Waals surface area (Å²) in [5.41, 5.74) is 0. The molecule has 0 aromatic heterocycles. The van der Waals surface area contributed by atoms with Crippen LogP contribution in [0, 0.1) is 0 Å². The molecule has 0 amide bonds. The Balaban J connectivity index is 4.73. The van der Waals surface area contributed by atoms with Gasteiger partial charge in [0, 0.05) is 19.3 Å². The lowest BCUT2D eigenvalue weighted by Gasteiger charge is -2.21. The predicted octanol–water partition coefficient (Wildman–Crippen LogP) is 13.7. The van der Waals surface area contributed by atoms with Gasteiger partial charge in [0.25, 0.3) is 0 Å². The van der Waals surface area contributed by atoms with Crippen molar-refractivity contribution in [1.82, 2.24) is 0 Å². The molecule has 0 aromatic rings. The van der Waals surface area contributed by atoms with Crippen LogP contribution in [0.5, 0.6) is 0 Å². The number of aliphatic hydroxyl groups excluding tert-OH is 1. The highest BCUT2D eigenvalue weighted by atomic mass is 31.2. The minimum Gasteiger partial charge on any atom is -0.462 e. The van der Waals surface area contributed by atoms with Gasteiger partial charge >= 0.3 is 25.7 Å². The summed E-state index contributed by atoms with van der Waals surface area (Å²) in [6, 6.07) is 0. The molecule has 62 heavy (non-hydrogen) atoms. The molecule has 0 heterocycles. The van der Waals surface area contributed by atoms with Gasteiger partial charge < -0.3 is 24.2 Å². The molecule has 0 aliphatic carbocycles. The molecule has 3 atom stereocenters. The maximum absolute atomic E-state index is 12.8. The van der Waals surface area contributed by atoms with Crippen molar-refractivity contribution in [2.45, 2.75) is 238 Å². The number of ether oxygens (including phenoxy) is 3. The van der Waals surface area contributed by atoms with Gasteiger partial charge in [-0.15, -0.1) is 0 Å². The fourth-order valence-electron chi connectivity index (χ4n) is 6.78. The van der Waals surface area contributed by atoms with Gasteiger partial charge in [-0.3, -0.25) is 23.4 Å². The van der Waals surface area contributed by atoms with Crippen LogP contribution < -0.4 is 0 Å². The van der Waals surface area contributed by atoms with E-state index in [0.29, 0.717) is 19.3 Å². The number of unbranched alkanes of at least 4 members (excludes halogenated alkanes) is 23. The number of phosphoric acid groups is 1. The molecule has 12 heteroatoms. The van der Waals surface area contributed by atoms with Crippen LogP contribution in [0.15, 0.2) is 36.5 Å². The summed E-state index contributed by atoms with van der Waals surface area (Å²) < 4.78 is 39.2. The van der Waals surface area contributed by atoms with E-state index < -0.39 is 57.8 Å². The number of phosphoric ester groups is 1. The summed E-state index contributed by atoms with van der Waals surface area (Å²) >= 11 is 0. The highest BCUT2D eigenvalue weighted by molar-refractivity contribution is 7.47. The average Bonchev–Trinajstić information content (AvgIpc) is 3.25. The molecule has 362 valence electrons. The third-order valence-electron chi connectivity index (χ3n) is 10.6. The van der Waals surface area contributed by atoms with Crippen molar-refractivity contribution in [3.05, 3.63) is 36.5 Å². The largest absolute Gasteiger partial charge is 0.472 e. The van der Waals surface area contributed by atoms with Crippen LogP contribution in [-0.4, -0.2) is 66.5 Å². The lowest BCUT2D eigenvalue weighted by molar-refractivity contribution is -0.161. The zero-order chi connectivity index (χ0) is 45.6. The van der Waals surface area contributed by atoms with E-state index in [1.807, 2.05) is 0 Å². The summed E-state index contributed by atoms with van der Waals surface area (Å²) in [6.07, 6.45) is 42.7. The Morgan fingerprint density at radius 3 is 1.29 bits per heavy atom. The van der Waals surface area contributed by atoms with E-state index in [2.05, 4.69) is 57.2 Å². The van der Waals surface area contributed by atoms with Gasteiger partial charge in [-0.05, 0) is 51.4 Å². The van der Waals surface area contributed by atoms with E-state index in [-0.39, 0.29) is 25.9 Å². The van der Waals surface area contributed by atoms with Crippen LogP contribution in [0.1, 0.15) is 226 Å². The van der Waals surface area contributed by atoms with E-state index in [1.54, 1.807) is 0 Å². The topological polar surface area (TPSA) is 155 Å². The Kier molecular flexibility index (Phi) is 43.6. The van der Waals surface area contributed by atoms with Gasteiger partial charge in [0.2, 0.25) is 0 Å². The van der Waals surface area contributed by atoms with Crippen molar-refractivity contribution in [1.29, 1.82) is 0 Å². The number of carbonyl (C=O) groups is 3.